The van der Waals surface area contributed by atoms with Gasteiger partial charge in [0.15, 0.2) is 0 Å². The van der Waals surface area contributed by atoms with Gasteiger partial charge in [-0.05, 0) is 19.1 Å². The van der Waals surface area contributed by atoms with Gasteiger partial charge < -0.3 is 14.9 Å². The van der Waals surface area contributed by atoms with E-state index in [1.165, 1.54) is 5.69 Å². The van der Waals surface area contributed by atoms with E-state index in [4.69, 9.17) is 0 Å². The SMILES string of the molecule is CC(NCc1ccc[nH]1)c1nncn1C. The smallest absolute Gasteiger partial charge is 0.149 e. The Morgan fingerprint density at radius 1 is 1.60 bits per heavy atom. The summed E-state index contributed by atoms with van der Waals surface area (Å²) >= 11 is 0. The highest BCUT2D eigenvalue weighted by molar-refractivity contribution is 5.04. The number of aromatic nitrogens is 4. The highest BCUT2D eigenvalue weighted by atomic mass is 15.3. The predicted molar refractivity (Wildman–Crippen MR) is 57.1 cm³/mol. The summed E-state index contributed by atoms with van der Waals surface area (Å²) in [5.74, 6) is 0.946. The number of nitrogens with one attached hydrogen (secondary N) is 2. The second kappa shape index (κ2) is 4.27. The maximum Gasteiger partial charge on any atom is 0.149 e. The highest BCUT2D eigenvalue weighted by Crippen LogP contribution is 2.07. The third kappa shape index (κ3) is 2.24. The minimum absolute atomic E-state index is 0.195. The number of rotatable bonds is 4. The number of nitrogens with zero attached hydrogens (tertiary/aromatic N) is 3. The molecule has 0 aliphatic heterocycles. The quantitative estimate of drug-likeness (QED) is 0.782. The molecule has 2 rings (SSSR count). The predicted octanol–water partition coefficient (Wildman–Crippen LogP) is 0.994. The minimum atomic E-state index is 0.195. The molecule has 1 atom stereocenters. The summed E-state index contributed by atoms with van der Waals surface area (Å²) in [7, 11) is 1.95. The summed E-state index contributed by atoms with van der Waals surface area (Å²) in [6.45, 7) is 2.88. The van der Waals surface area contributed by atoms with Gasteiger partial charge in [0.05, 0.1) is 6.04 Å². The lowest BCUT2D eigenvalue weighted by molar-refractivity contribution is 0.524. The number of hydrogen-bond donors (Lipinski definition) is 2. The van der Waals surface area contributed by atoms with E-state index in [1.807, 2.05) is 23.9 Å². The van der Waals surface area contributed by atoms with E-state index in [1.54, 1.807) is 6.33 Å². The summed E-state index contributed by atoms with van der Waals surface area (Å²) in [5.41, 5.74) is 1.17. The molecular formula is C10H15N5. The third-order valence-corrected chi connectivity index (χ3v) is 2.39. The number of aryl methyl sites for hydroxylation is 1. The summed E-state index contributed by atoms with van der Waals surface area (Å²) in [6, 6.07) is 4.24. The Morgan fingerprint density at radius 2 is 2.47 bits per heavy atom. The lowest BCUT2D eigenvalue weighted by atomic mass is 10.3. The first kappa shape index (κ1) is 9.92. The molecule has 0 aliphatic rings. The molecule has 80 valence electrons. The van der Waals surface area contributed by atoms with Crippen LogP contribution in [-0.4, -0.2) is 19.7 Å². The fraction of sp³-hybridized carbons (Fsp3) is 0.400. The molecular weight excluding hydrogens is 190 g/mol. The zero-order valence-corrected chi connectivity index (χ0v) is 8.94. The van der Waals surface area contributed by atoms with Crippen molar-refractivity contribution in [3.8, 4) is 0 Å². The summed E-state index contributed by atoms with van der Waals surface area (Å²) in [6.07, 6.45) is 3.63. The molecule has 2 N–H and O–H groups in total. The number of hydrogen-bond acceptors (Lipinski definition) is 3. The Hall–Kier alpha value is -1.62. The summed E-state index contributed by atoms with van der Waals surface area (Å²) in [4.78, 5) is 3.15. The number of aromatic amines is 1. The molecule has 0 saturated heterocycles. The van der Waals surface area contributed by atoms with Crippen molar-refractivity contribution in [2.75, 3.05) is 0 Å². The Labute approximate surface area is 88.5 Å². The summed E-state index contributed by atoms with van der Waals surface area (Å²) < 4.78 is 1.92. The van der Waals surface area contributed by atoms with E-state index in [9.17, 15) is 0 Å². The van der Waals surface area contributed by atoms with Crippen LogP contribution in [0.1, 0.15) is 24.5 Å². The van der Waals surface area contributed by atoms with E-state index in [-0.39, 0.29) is 6.04 Å². The van der Waals surface area contributed by atoms with Gasteiger partial charge >= 0.3 is 0 Å². The molecule has 0 spiro atoms. The highest BCUT2D eigenvalue weighted by Gasteiger charge is 2.10. The fourth-order valence-corrected chi connectivity index (χ4v) is 1.52. The molecule has 15 heavy (non-hydrogen) atoms. The van der Waals surface area contributed by atoms with Crippen LogP contribution in [0.4, 0.5) is 0 Å². The van der Waals surface area contributed by atoms with Crippen LogP contribution in [0.25, 0.3) is 0 Å². The van der Waals surface area contributed by atoms with Crippen LogP contribution in [0.5, 0.6) is 0 Å². The van der Waals surface area contributed by atoms with Gasteiger partial charge in [0.1, 0.15) is 12.2 Å². The van der Waals surface area contributed by atoms with Crippen molar-refractivity contribution in [1.29, 1.82) is 0 Å². The molecule has 0 amide bonds. The Balaban J connectivity index is 1.93. The maximum absolute atomic E-state index is 4.06. The lowest BCUT2D eigenvalue weighted by Crippen LogP contribution is -2.21. The first-order chi connectivity index (χ1) is 7.27. The number of H-pyrrole nitrogens is 1. The Morgan fingerprint density at radius 3 is 3.07 bits per heavy atom. The van der Waals surface area contributed by atoms with Crippen molar-refractivity contribution in [1.82, 2.24) is 25.1 Å². The van der Waals surface area contributed by atoms with Crippen molar-refractivity contribution in [2.24, 2.45) is 7.05 Å². The first-order valence-electron chi connectivity index (χ1n) is 4.97. The van der Waals surface area contributed by atoms with Gasteiger partial charge in [0, 0.05) is 25.5 Å². The lowest BCUT2D eigenvalue weighted by Gasteiger charge is -2.11. The molecule has 0 bridgehead atoms. The second-order valence-electron chi connectivity index (χ2n) is 3.60. The van der Waals surface area contributed by atoms with Crippen LogP contribution < -0.4 is 5.32 Å². The molecule has 0 saturated carbocycles. The second-order valence-corrected chi connectivity index (χ2v) is 3.60. The Kier molecular flexibility index (Phi) is 2.82. The Bertz CT molecular complexity index is 403. The van der Waals surface area contributed by atoms with E-state index in [2.05, 4.69) is 33.5 Å². The zero-order valence-electron chi connectivity index (χ0n) is 8.94. The normalized spacial score (nSPS) is 12.9. The average molecular weight is 205 g/mol. The van der Waals surface area contributed by atoms with Crippen molar-refractivity contribution >= 4 is 0 Å². The van der Waals surface area contributed by atoms with Gasteiger partial charge in [-0.15, -0.1) is 10.2 Å². The third-order valence-electron chi connectivity index (χ3n) is 2.39. The van der Waals surface area contributed by atoms with Crippen LogP contribution in [0.15, 0.2) is 24.7 Å². The molecule has 0 aromatic carbocycles. The van der Waals surface area contributed by atoms with Crippen molar-refractivity contribution in [3.63, 3.8) is 0 Å². The van der Waals surface area contributed by atoms with Gasteiger partial charge in [-0.1, -0.05) is 0 Å². The molecule has 1 unspecified atom stereocenters. The van der Waals surface area contributed by atoms with E-state index >= 15 is 0 Å². The molecule has 5 nitrogen and oxygen atoms in total. The molecule has 2 aromatic rings. The van der Waals surface area contributed by atoms with Gasteiger partial charge in [-0.3, -0.25) is 0 Å². The van der Waals surface area contributed by atoms with E-state index < -0.39 is 0 Å². The van der Waals surface area contributed by atoms with Crippen molar-refractivity contribution in [2.45, 2.75) is 19.5 Å². The summed E-state index contributed by atoms with van der Waals surface area (Å²) in [5, 5.41) is 11.3. The monoisotopic (exact) mass is 205 g/mol. The molecule has 0 radical (unpaired) electrons. The maximum atomic E-state index is 4.06. The average Bonchev–Trinajstić information content (AvgIpc) is 2.84. The molecule has 2 heterocycles. The van der Waals surface area contributed by atoms with Crippen LogP contribution in [0.3, 0.4) is 0 Å². The van der Waals surface area contributed by atoms with Gasteiger partial charge in [-0.25, -0.2) is 0 Å². The minimum Gasteiger partial charge on any atom is -0.364 e. The molecule has 5 heteroatoms. The van der Waals surface area contributed by atoms with Crippen molar-refractivity contribution < 1.29 is 0 Å². The molecule has 2 aromatic heterocycles. The van der Waals surface area contributed by atoms with Gasteiger partial charge in [0.25, 0.3) is 0 Å². The molecule has 0 fully saturated rings. The van der Waals surface area contributed by atoms with Gasteiger partial charge in [0.2, 0.25) is 0 Å². The van der Waals surface area contributed by atoms with E-state index in [0.29, 0.717) is 0 Å². The van der Waals surface area contributed by atoms with Crippen molar-refractivity contribution in [3.05, 3.63) is 36.2 Å². The van der Waals surface area contributed by atoms with Crippen LogP contribution in [-0.2, 0) is 13.6 Å². The molecule has 0 aliphatic carbocycles. The van der Waals surface area contributed by atoms with Crippen LogP contribution in [0.2, 0.25) is 0 Å². The van der Waals surface area contributed by atoms with E-state index in [0.717, 1.165) is 12.4 Å². The topological polar surface area (TPSA) is 58.5 Å². The standard InChI is InChI=1S/C10H15N5/c1-8(10-14-13-7-15(10)2)12-6-9-4-3-5-11-9/h3-5,7-8,11-12H,6H2,1-2H3. The first-order valence-corrected chi connectivity index (χ1v) is 4.97. The van der Waals surface area contributed by atoms with Gasteiger partial charge in [-0.2, -0.15) is 0 Å². The fourth-order valence-electron chi connectivity index (χ4n) is 1.52. The zero-order chi connectivity index (χ0) is 10.7. The van der Waals surface area contributed by atoms with Crippen LogP contribution >= 0.6 is 0 Å². The largest absolute Gasteiger partial charge is 0.364 e. The van der Waals surface area contributed by atoms with Crippen LogP contribution in [0, 0.1) is 0 Å².